The Morgan fingerprint density at radius 3 is 2.41 bits per heavy atom. The molecule has 2 aromatic carbocycles. The summed E-state index contributed by atoms with van der Waals surface area (Å²) in [6.45, 7) is 1.96. The summed E-state index contributed by atoms with van der Waals surface area (Å²) in [5.74, 6) is 2.31. The first-order valence-electron chi connectivity index (χ1n) is 9.79. The van der Waals surface area contributed by atoms with Gasteiger partial charge in [0.1, 0.15) is 11.6 Å². The lowest BCUT2D eigenvalue weighted by atomic mass is 10.3. The third kappa shape index (κ3) is 3.35. The van der Waals surface area contributed by atoms with Gasteiger partial charge in [-0.2, -0.15) is 15.1 Å². The summed E-state index contributed by atoms with van der Waals surface area (Å²) in [7, 11) is 1.66. The van der Waals surface area contributed by atoms with Crippen LogP contribution in [-0.2, 0) is 0 Å². The lowest BCUT2D eigenvalue weighted by Gasteiger charge is -2.17. The van der Waals surface area contributed by atoms with E-state index in [4.69, 9.17) is 14.7 Å². The molecule has 2 aromatic heterocycles. The first-order valence-corrected chi connectivity index (χ1v) is 9.79. The van der Waals surface area contributed by atoms with E-state index in [-0.39, 0.29) is 0 Å². The minimum absolute atomic E-state index is 0.740. The predicted octanol–water partition coefficient (Wildman–Crippen LogP) is 4.17. The van der Waals surface area contributed by atoms with E-state index < -0.39 is 0 Å². The summed E-state index contributed by atoms with van der Waals surface area (Å²) in [6, 6.07) is 17.9. The highest BCUT2D eigenvalue weighted by atomic mass is 16.5. The number of para-hydroxylation sites is 1. The van der Waals surface area contributed by atoms with Crippen molar-refractivity contribution in [2.24, 2.45) is 0 Å². The van der Waals surface area contributed by atoms with E-state index in [1.165, 1.54) is 12.8 Å². The molecule has 0 radical (unpaired) electrons. The van der Waals surface area contributed by atoms with Gasteiger partial charge in [-0.05, 0) is 49.2 Å². The maximum atomic E-state index is 5.26. The second kappa shape index (κ2) is 7.43. The van der Waals surface area contributed by atoms with E-state index in [0.29, 0.717) is 0 Å². The average Bonchev–Trinajstić information content (AvgIpc) is 3.45. The Kier molecular flexibility index (Phi) is 4.48. The molecule has 0 bridgehead atoms. The molecular weight excluding hydrogens is 364 g/mol. The van der Waals surface area contributed by atoms with E-state index in [0.717, 1.165) is 53.0 Å². The Morgan fingerprint density at radius 1 is 0.931 bits per heavy atom. The van der Waals surface area contributed by atoms with Crippen LogP contribution in [0.1, 0.15) is 12.8 Å². The summed E-state index contributed by atoms with van der Waals surface area (Å²) in [5, 5.41) is 8.92. The number of ether oxygens (including phenoxy) is 1. The van der Waals surface area contributed by atoms with Gasteiger partial charge in [0.25, 0.3) is 0 Å². The molecule has 7 nitrogen and oxygen atoms in total. The van der Waals surface area contributed by atoms with E-state index in [1.54, 1.807) is 7.11 Å². The Hall–Kier alpha value is -3.61. The van der Waals surface area contributed by atoms with Gasteiger partial charge in [0.15, 0.2) is 5.65 Å². The minimum Gasteiger partial charge on any atom is -0.497 e. The van der Waals surface area contributed by atoms with E-state index >= 15 is 0 Å². The summed E-state index contributed by atoms with van der Waals surface area (Å²) >= 11 is 0. The van der Waals surface area contributed by atoms with Gasteiger partial charge in [-0.15, -0.1) is 0 Å². The molecule has 0 unspecified atom stereocenters. The van der Waals surface area contributed by atoms with Crippen molar-refractivity contribution in [3.05, 3.63) is 60.8 Å². The molecular formula is C22H22N6O. The second-order valence-corrected chi connectivity index (χ2v) is 7.05. The highest BCUT2D eigenvalue weighted by Gasteiger charge is 2.20. The van der Waals surface area contributed by atoms with E-state index in [2.05, 4.69) is 15.3 Å². The summed E-state index contributed by atoms with van der Waals surface area (Å²) in [4.78, 5) is 12.0. The van der Waals surface area contributed by atoms with Crippen molar-refractivity contribution in [3.63, 3.8) is 0 Å². The topological polar surface area (TPSA) is 68.1 Å². The Labute approximate surface area is 169 Å². The zero-order chi connectivity index (χ0) is 19.6. The molecule has 1 saturated heterocycles. The molecule has 1 aliphatic heterocycles. The van der Waals surface area contributed by atoms with Crippen LogP contribution in [0.25, 0.3) is 16.7 Å². The quantitative estimate of drug-likeness (QED) is 0.555. The van der Waals surface area contributed by atoms with Crippen molar-refractivity contribution < 1.29 is 4.74 Å². The van der Waals surface area contributed by atoms with Gasteiger partial charge in [0.05, 0.1) is 24.4 Å². The van der Waals surface area contributed by atoms with Crippen LogP contribution in [0.15, 0.2) is 60.8 Å². The maximum absolute atomic E-state index is 5.26. The van der Waals surface area contributed by atoms with Crippen molar-refractivity contribution >= 4 is 28.5 Å². The zero-order valence-corrected chi connectivity index (χ0v) is 16.2. The Balaban J connectivity index is 1.62. The number of hydrogen-bond donors (Lipinski definition) is 1. The first kappa shape index (κ1) is 17.5. The maximum Gasteiger partial charge on any atom is 0.229 e. The first-order chi connectivity index (χ1) is 14.3. The number of hydrogen-bond acceptors (Lipinski definition) is 6. The van der Waals surface area contributed by atoms with Crippen LogP contribution in [0, 0.1) is 0 Å². The minimum atomic E-state index is 0.740. The van der Waals surface area contributed by atoms with Crippen LogP contribution in [0.4, 0.5) is 17.5 Å². The Bertz CT molecular complexity index is 1120. The number of rotatable bonds is 5. The smallest absolute Gasteiger partial charge is 0.229 e. The molecule has 146 valence electrons. The van der Waals surface area contributed by atoms with Gasteiger partial charge in [-0.3, -0.25) is 0 Å². The number of benzene rings is 2. The number of nitrogens with zero attached hydrogens (tertiary/aromatic N) is 5. The summed E-state index contributed by atoms with van der Waals surface area (Å²) < 4.78 is 7.13. The largest absolute Gasteiger partial charge is 0.497 e. The lowest BCUT2D eigenvalue weighted by molar-refractivity contribution is 0.415. The predicted molar refractivity (Wildman–Crippen MR) is 114 cm³/mol. The highest BCUT2D eigenvalue weighted by molar-refractivity contribution is 5.90. The average molecular weight is 386 g/mol. The fourth-order valence-electron chi connectivity index (χ4n) is 3.62. The number of methoxy groups -OCH3 is 1. The molecule has 0 saturated carbocycles. The van der Waals surface area contributed by atoms with Crippen molar-refractivity contribution in [3.8, 4) is 11.4 Å². The van der Waals surface area contributed by atoms with Crippen LogP contribution in [0.2, 0.25) is 0 Å². The third-order valence-corrected chi connectivity index (χ3v) is 5.16. The SMILES string of the molecule is COc1ccc(Nc2nc(N3CCCC3)nc3c2cnn3-c2ccccc2)cc1. The zero-order valence-electron chi connectivity index (χ0n) is 16.2. The fourth-order valence-corrected chi connectivity index (χ4v) is 3.62. The molecule has 1 N–H and O–H groups in total. The van der Waals surface area contributed by atoms with E-state index in [9.17, 15) is 0 Å². The number of fused-ring (bicyclic) bond motifs is 1. The van der Waals surface area contributed by atoms with Gasteiger partial charge in [-0.1, -0.05) is 18.2 Å². The summed E-state index contributed by atoms with van der Waals surface area (Å²) in [6.07, 6.45) is 4.16. The number of anilines is 3. The van der Waals surface area contributed by atoms with Gasteiger partial charge in [0.2, 0.25) is 5.95 Å². The van der Waals surface area contributed by atoms with Gasteiger partial charge >= 0.3 is 0 Å². The highest BCUT2D eigenvalue weighted by Crippen LogP contribution is 2.29. The number of aromatic nitrogens is 4. The van der Waals surface area contributed by atoms with Crippen LogP contribution in [0.3, 0.4) is 0 Å². The van der Waals surface area contributed by atoms with Crippen LogP contribution < -0.4 is 15.0 Å². The van der Waals surface area contributed by atoms with Crippen molar-refractivity contribution in [1.82, 2.24) is 19.7 Å². The molecule has 0 amide bonds. The van der Waals surface area contributed by atoms with Crippen LogP contribution in [-0.4, -0.2) is 39.9 Å². The molecule has 1 aliphatic rings. The molecule has 4 aromatic rings. The van der Waals surface area contributed by atoms with Crippen LogP contribution >= 0.6 is 0 Å². The van der Waals surface area contributed by atoms with Gasteiger partial charge < -0.3 is 15.0 Å². The third-order valence-electron chi connectivity index (χ3n) is 5.16. The van der Waals surface area contributed by atoms with Crippen LogP contribution in [0.5, 0.6) is 5.75 Å². The van der Waals surface area contributed by atoms with Gasteiger partial charge in [0, 0.05) is 18.8 Å². The molecule has 7 heteroatoms. The molecule has 0 atom stereocenters. The van der Waals surface area contributed by atoms with Crippen molar-refractivity contribution in [1.29, 1.82) is 0 Å². The monoisotopic (exact) mass is 386 g/mol. The van der Waals surface area contributed by atoms with Gasteiger partial charge in [-0.25, -0.2) is 4.68 Å². The van der Waals surface area contributed by atoms with E-state index in [1.807, 2.05) is 65.5 Å². The molecule has 1 fully saturated rings. The molecule has 5 rings (SSSR count). The number of nitrogens with one attached hydrogen (secondary N) is 1. The lowest BCUT2D eigenvalue weighted by Crippen LogP contribution is -2.21. The fraction of sp³-hybridized carbons (Fsp3) is 0.227. The molecule has 29 heavy (non-hydrogen) atoms. The molecule has 0 spiro atoms. The van der Waals surface area contributed by atoms with Crippen molar-refractivity contribution in [2.75, 3.05) is 30.4 Å². The molecule has 0 aliphatic carbocycles. The van der Waals surface area contributed by atoms with Crippen molar-refractivity contribution in [2.45, 2.75) is 12.8 Å². The standard InChI is InChI=1S/C22H22N6O/c1-29-18-11-9-16(10-12-18)24-20-19-15-23-28(17-7-3-2-4-8-17)21(19)26-22(25-20)27-13-5-6-14-27/h2-4,7-12,15H,5-6,13-14H2,1H3,(H,24,25,26). The second-order valence-electron chi connectivity index (χ2n) is 7.05. The Morgan fingerprint density at radius 2 is 1.69 bits per heavy atom. The summed E-state index contributed by atoms with van der Waals surface area (Å²) in [5.41, 5.74) is 2.71. The normalized spacial score (nSPS) is 13.8. The molecule has 3 heterocycles.